The predicted octanol–water partition coefficient (Wildman–Crippen LogP) is 2.91. The first-order chi connectivity index (χ1) is 7.24. The van der Waals surface area contributed by atoms with Crippen LogP contribution < -0.4 is 0 Å². The van der Waals surface area contributed by atoms with Crippen molar-refractivity contribution in [2.24, 2.45) is 0 Å². The number of esters is 1. The fourth-order valence-corrected chi connectivity index (χ4v) is 1.28. The van der Waals surface area contributed by atoms with Gasteiger partial charge in [0.25, 0.3) is 0 Å². The summed E-state index contributed by atoms with van der Waals surface area (Å²) in [6, 6.07) is 10.0. The molecule has 0 N–H and O–H groups in total. The van der Waals surface area contributed by atoms with Crippen molar-refractivity contribution in [3.8, 4) is 0 Å². The summed E-state index contributed by atoms with van der Waals surface area (Å²) < 4.78 is 4.80. The third-order valence-electron chi connectivity index (χ3n) is 2.13. The van der Waals surface area contributed by atoms with E-state index in [1.807, 2.05) is 43.3 Å². The van der Waals surface area contributed by atoms with Crippen LogP contribution in [-0.2, 0) is 9.53 Å². The van der Waals surface area contributed by atoms with E-state index in [1.54, 1.807) is 6.92 Å². The Labute approximate surface area is 90.6 Å². The summed E-state index contributed by atoms with van der Waals surface area (Å²) in [7, 11) is 0. The molecule has 0 bridgehead atoms. The molecule has 0 fully saturated rings. The number of benzene rings is 1. The van der Waals surface area contributed by atoms with Crippen LogP contribution in [0.2, 0.25) is 0 Å². The highest BCUT2D eigenvalue weighted by Gasteiger charge is 2.01. The van der Waals surface area contributed by atoms with Gasteiger partial charge in [-0.3, -0.25) is 0 Å². The Morgan fingerprint density at radius 2 is 2.07 bits per heavy atom. The van der Waals surface area contributed by atoms with Crippen molar-refractivity contribution in [2.45, 2.75) is 19.8 Å². The van der Waals surface area contributed by atoms with Gasteiger partial charge < -0.3 is 4.74 Å². The van der Waals surface area contributed by atoms with Crippen LogP contribution in [0.3, 0.4) is 0 Å². The normalized spacial score (nSPS) is 12.7. The van der Waals surface area contributed by atoms with E-state index < -0.39 is 0 Å². The van der Waals surface area contributed by atoms with E-state index in [0.29, 0.717) is 6.61 Å². The summed E-state index contributed by atoms with van der Waals surface area (Å²) >= 11 is 0. The second-order valence-corrected chi connectivity index (χ2v) is 3.31. The van der Waals surface area contributed by atoms with Gasteiger partial charge in [0.2, 0.25) is 0 Å². The molecule has 1 atom stereocenters. The van der Waals surface area contributed by atoms with Crippen molar-refractivity contribution >= 4 is 5.97 Å². The molecule has 0 saturated heterocycles. The van der Waals surface area contributed by atoms with Crippen LogP contribution in [0, 0.1) is 0 Å². The molecule has 0 saturated carbocycles. The zero-order valence-electron chi connectivity index (χ0n) is 9.14. The number of carbonyl (C=O) groups is 1. The van der Waals surface area contributed by atoms with Crippen LogP contribution >= 0.6 is 0 Å². The predicted molar refractivity (Wildman–Crippen MR) is 60.6 cm³/mol. The van der Waals surface area contributed by atoms with Crippen molar-refractivity contribution in [1.29, 1.82) is 0 Å². The zero-order valence-corrected chi connectivity index (χ0v) is 9.14. The van der Waals surface area contributed by atoms with Crippen LogP contribution in [0.25, 0.3) is 0 Å². The average molecular weight is 204 g/mol. The standard InChI is InChI=1S/C13H16O2/c1-3-15-13(14)10-9-11(2)12-7-5-4-6-8-12/h4-11H,3H2,1-2H3/b10-9-/t11-/m0/s1. The molecule has 0 heterocycles. The molecule has 2 heteroatoms. The Kier molecular flexibility index (Phi) is 4.61. The van der Waals surface area contributed by atoms with Crippen molar-refractivity contribution in [1.82, 2.24) is 0 Å². The number of allylic oxidation sites excluding steroid dienone is 1. The Morgan fingerprint density at radius 1 is 1.40 bits per heavy atom. The SMILES string of the molecule is CCOC(=O)/C=C\[C@H](C)c1ccccc1. The van der Waals surface area contributed by atoms with Gasteiger partial charge in [-0.1, -0.05) is 43.3 Å². The molecule has 0 spiro atoms. The van der Waals surface area contributed by atoms with Crippen LogP contribution in [0.4, 0.5) is 0 Å². The molecule has 0 aliphatic heterocycles. The van der Waals surface area contributed by atoms with Gasteiger partial charge in [0.05, 0.1) is 6.61 Å². The molecular weight excluding hydrogens is 188 g/mol. The number of hydrogen-bond acceptors (Lipinski definition) is 2. The van der Waals surface area contributed by atoms with Crippen molar-refractivity contribution < 1.29 is 9.53 Å². The second-order valence-electron chi connectivity index (χ2n) is 3.31. The van der Waals surface area contributed by atoms with E-state index in [-0.39, 0.29) is 11.9 Å². The largest absolute Gasteiger partial charge is 0.463 e. The summed E-state index contributed by atoms with van der Waals surface area (Å²) in [5, 5.41) is 0. The minimum absolute atomic E-state index is 0.232. The molecule has 1 aromatic carbocycles. The van der Waals surface area contributed by atoms with Gasteiger partial charge in [-0.25, -0.2) is 4.79 Å². The van der Waals surface area contributed by atoms with Crippen molar-refractivity contribution in [2.75, 3.05) is 6.61 Å². The molecule has 0 unspecified atom stereocenters. The van der Waals surface area contributed by atoms with E-state index in [9.17, 15) is 4.79 Å². The summed E-state index contributed by atoms with van der Waals surface area (Å²) in [5.74, 6) is -0.0455. The lowest BCUT2D eigenvalue weighted by Gasteiger charge is -2.05. The molecule has 0 aromatic heterocycles. The molecule has 1 aromatic rings. The van der Waals surface area contributed by atoms with Gasteiger partial charge in [-0.2, -0.15) is 0 Å². The Bertz CT molecular complexity index is 328. The lowest BCUT2D eigenvalue weighted by Crippen LogP contribution is -2.00. The zero-order chi connectivity index (χ0) is 11.1. The van der Waals surface area contributed by atoms with Gasteiger partial charge in [0.1, 0.15) is 0 Å². The number of rotatable bonds is 4. The number of hydrogen-bond donors (Lipinski definition) is 0. The van der Waals surface area contributed by atoms with Crippen molar-refractivity contribution in [3.63, 3.8) is 0 Å². The smallest absolute Gasteiger partial charge is 0.330 e. The molecular formula is C13H16O2. The second kappa shape index (κ2) is 6.02. The van der Waals surface area contributed by atoms with Gasteiger partial charge in [0.15, 0.2) is 0 Å². The Balaban J connectivity index is 2.56. The highest BCUT2D eigenvalue weighted by molar-refractivity contribution is 5.82. The molecule has 0 aliphatic rings. The number of ether oxygens (including phenoxy) is 1. The number of carbonyl (C=O) groups excluding carboxylic acids is 1. The van der Waals surface area contributed by atoms with Crippen molar-refractivity contribution in [3.05, 3.63) is 48.0 Å². The Hall–Kier alpha value is -1.57. The summed E-state index contributed by atoms with van der Waals surface area (Å²) in [6.07, 6.45) is 3.34. The van der Waals surface area contributed by atoms with Gasteiger partial charge in [-0.05, 0) is 18.4 Å². The first-order valence-corrected chi connectivity index (χ1v) is 5.14. The monoisotopic (exact) mass is 204 g/mol. The minimum atomic E-state index is -0.278. The van der Waals surface area contributed by atoms with E-state index in [1.165, 1.54) is 11.6 Å². The lowest BCUT2D eigenvalue weighted by atomic mass is 10.0. The van der Waals surface area contributed by atoms with Gasteiger partial charge in [-0.15, -0.1) is 0 Å². The van der Waals surface area contributed by atoms with Crippen LogP contribution in [-0.4, -0.2) is 12.6 Å². The molecule has 1 rings (SSSR count). The average Bonchev–Trinajstić information content (AvgIpc) is 2.27. The van der Waals surface area contributed by atoms with Crippen LogP contribution in [0.1, 0.15) is 25.3 Å². The van der Waals surface area contributed by atoms with Gasteiger partial charge >= 0.3 is 5.97 Å². The minimum Gasteiger partial charge on any atom is -0.463 e. The van der Waals surface area contributed by atoms with E-state index in [2.05, 4.69) is 0 Å². The molecule has 80 valence electrons. The van der Waals surface area contributed by atoms with Gasteiger partial charge in [0, 0.05) is 6.08 Å². The van der Waals surface area contributed by atoms with E-state index >= 15 is 0 Å². The topological polar surface area (TPSA) is 26.3 Å². The molecule has 2 nitrogen and oxygen atoms in total. The summed E-state index contributed by atoms with van der Waals surface area (Å²) in [4.78, 5) is 11.1. The first kappa shape index (κ1) is 11.5. The maximum atomic E-state index is 11.1. The quantitative estimate of drug-likeness (QED) is 0.557. The third-order valence-corrected chi connectivity index (χ3v) is 2.13. The van der Waals surface area contributed by atoms with E-state index in [4.69, 9.17) is 4.74 Å². The molecule has 15 heavy (non-hydrogen) atoms. The summed E-state index contributed by atoms with van der Waals surface area (Å²) in [6.45, 7) is 4.26. The lowest BCUT2D eigenvalue weighted by molar-refractivity contribution is -0.137. The molecule has 0 radical (unpaired) electrons. The maximum Gasteiger partial charge on any atom is 0.330 e. The maximum absolute atomic E-state index is 11.1. The van der Waals surface area contributed by atoms with E-state index in [0.717, 1.165) is 0 Å². The Morgan fingerprint density at radius 3 is 2.67 bits per heavy atom. The molecule has 0 aliphatic carbocycles. The fraction of sp³-hybridized carbons (Fsp3) is 0.308. The van der Waals surface area contributed by atoms with Crippen LogP contribution in [0.5, 0.6) is 0 Å². The molecule has 0 amide bonds. The van der Waals surface area contributed by atoms with Crippen LogP contribution in [0.15, 0.2) is 42.5 Å². The first-order valence-electron chi connectivity index (χ1n) is 5.14. The third kappa shape index (κ3) is 3.98. The fourth-order valence-electron chi connectivity index (χ4n) is 1.28. The summed E-state index contributed by atoms with van der Waals surface area (Å²) in [5.41, 5.74) is 1.19. The highest BCUT2D eigenvalue weighted by atomic mass is 16.5. The highest BCUT2D eigenvalue weighted by Crippen LogP contribution is 2.15.